The van der Waals surface area contributed by atoms with Crippen molar-refractivity contribution in [3.63, 3.8) is 0 Å². The van der Waals surface area contributed by atoms with E-state index in [0.717, 1.165) is 167 Å². The van der Waals surface area contributed by atoms with Gasteiger partial charge in [0, 0.05) is 119 Å². The van der Waals surface area contributed by atoms with Crippen LogP contribution in [-0.2, 0) is 25.7 Å². The molecule has 1 aliphatic rings. The Hall–Kier alpha value is -2.92. The van der Waals surface area contributed by atoms with Gasteiger partial charge in [-0.05, 0) is 25.7 Å². The van der Waals surface area contributed by atoms with E-state index < -0.39 is 0 Å². The first-order chi connectivity index (χ1) is 27.2. The van der Waals surface area contributed by atoms with Gasteiger partial charge >= 0.3 is 0 Å². The molecule has 0 heterocycles. The maximum Gasteiger partial charge on any atom is 0.128 e. The number of hydrogen-bond donors (Lipinski definition) is 4. The van der Waals surface area contributed by atoms with Gasteiger partial charge in [0.15, 0.2) is 0 Å². The quantitative estimate of drug-likeness (QED) is 0.0593. The maximum atomic E-state index is 6.83. The first-order valence-corrected chi connectivity index (χ1v) is 21.7. The minimum atomic E-state index is 0. The maximum absolute atomic E-state index is 6.83. The van der Waals surface area contributed by atoms with Gasteiger partial charge in [0.2, 0.25) is 0 Å². The minimum Gasteiger partial charge on any atom is -1.00 e. The highest BCUT2D eigenvalue weighted by molar-refractivity contribution is 5.62. The van der Waals surface area contributed by atoms with Crippen LogP contribution in [-0.4, -0.2) is 26.4 Å². The molecule has 1 aliphatic carbocycles. The summed E-state index contributed by atoms with van der Waals surface area (Å²) in [5.41, 5.74) is 30.8. The second kappa shape index (κ2) is 28.6. The van der Waals surface area contributed by atoms with E-state index in [1.807, 2.05) is 0 Å². The largest absolute Gasteiger partial charge is 1.00 e. The summed E-state index contributed by atoms with van der Waals surface area (Å²) in [5.74, 6) is 3.76. The minimum absolute atomic E-state index is 0. The van der Waals surface area contributed by atoms with Crippen molar-refractivity contribution >= 4 is 22.7 Å². The van der Waals surface area contributed by atoms with Gasteiger partial charge < -0.3 is 91.5 Å². The van der Waals surface area contributed by atoms with Crippen LogP contribution < -0.4 is 91.5 Å². The standard InChI is InChI=1S/C48H68N4O4.4ClH/c1-5-9-13-17-53-45-33-21-35-27-42(50)29-37(46(35)54-18-14-10-6-2)23-39-31-44(52)32-40(48(39)56-20-16-12-8-4)24-38-30-43(51)28-36(22-34(45)26-41(49)25-33)47(38)55-19-15-11-7-3;;;;/h25-32H,5-24,49-52H2,1-4H3;4*1H. The molecular weight excluding hydrogens is 838 g/mol. The molecule has 0 atom stereocenters. The second-order valence-corrected chi connectivity index (χ2v) is 15.9. The molecule has 4 aromatic rings. The molecule has 60 heavy (non-hydrogen) atoms. The molecule has 4 aromatic carbocycles. The van der Waals surface area contributed by atoms with Gasteiger partial charge in [-0.15, -0.1) is 0 Å². The van der Waals surface area contributed by atoms with Gasteiger partial charge in [0.25, 0.3) is 0 Å². The molecule has 336 valence electrons. The number of halogens is 4. The number of fused-ring (bicyclic) bond motifs is 8. The van der Waals surface area contributed by atoms with Crippen LogP contribution in [0, 0.1) is 0 Å². The van der Waals surface area contributed by atoms with Crippen LogP contribution in [0.25, 0.3) is 0 Å². The van der Waals surface area contributed by atoms with Crippen molar-refractivity contribution in [2.45, 2.75) is 130 Å². The topological polar surface area (TPSA) is 147 Å². The Kier molecular flexibility index (Phi) is 26.3. The number of benzene rings is 4. The molecule has 8 bridgehead atoms. The number of ether oxygens (including phenoxy) is 4. The van der Waals surface area contributed by atoms with E-state index in [4.69, 9.17) is 18.9 Å². The fourth-order valence-electron chi connectivity index (χ4n) is 8.02. The van der Waals surface area contributed by atoms with E-state index in [1.54, 1.807) is 0 Å². The lowest BCUT2D eigenvalue weighted by Gasteiger charge is -2.23. The molecule has 0 radical (unpaired) electrons. The van der Waals surface area contributed by atoms with E-state index >= 15 is 0 Å². The molecule has 0 saturated heterocycles. The predicted octanol–water partition coefficient (Wildman–Crippen LogP) is -3.85. The SMILES string of the molecule is CCCCCOc1c2cc([NH3+])cc1Cc1cc([NH3+])cc(c1OCCCCC)Cc1cc([NH3+])cc(c1OCCCCC)Cc1cc([NH3+])cc(c1OCCCCC)C2.[Cl-].[Cl-].[Cl-].[Cl-]. The lowest BCUT2D eigenvalue weighted by Crippen LogP contribution is -3.00. The Bertz CT molecular complexity index is 1530. The number of hydrogen-bond acceptors (Lipinski definition) is 4. The highest BCUT2D eigenvalue weighted by Gasteiger charge is 2.25. The lowest BCUT2D eigenvalue weighted by molar-refractivity contribution is -0.255. The summed E-state index contributed by atoms with van der Waals surface area (Å²) in [5, 5.41) is 0. The predicted molar refractivity (Wildman–Crippen MR) is 227 cm³/mol. The molecular formula is C48H72Cl4N4O4. The summed E-state index contributed by atoms with van der Waals surface area (Å²) in [6.45, 7) is 11.6. The zero-order valence-electron chi connectivity index (χ0n) is 36.7. The zero-order chi connectivity index (χ0) is 39.9. The second-order valence-electron chi connectivity index (χ2n) is 15.9. The van der Waals surface area contributed by atoms with Crippen molar-refractivity contribution in [3.05, 3.63) is 93.0 Å². The van der Waals surface area contributed by atoms with Crippen molar-refractivity contribution in [2.24, 2.45) is 0 Å². The van der Waals surface area contributed by atoms with Gasteiger partial charge in [-0.25, -0.2) is 0 Å². The van der Waals surface area contributed by atoms with Crippen molar-refractivity contribution in [2.75, 3.05) is 26.4 Å². The summed E-state index contributed by atoms with van der Waals surface area (Å²) in [4.78, 5) is 0. The summed E-state index contributed by atoms with van der Waals surface area (Å²) < 4.78 is 27.3. The fourth-order valence-corrected chi connectivity index (χ4v) is 8.02. The van der Waals surface area contributed by atoms with Gasteiger partial charge in [-0.3, -0.25) is 0 Å². The number of unbranched alkanes of at least 4 members (excludes halogenated alkanes) is 8. The Morgan fingerprint density at radius 3 is 0.633 bits per heavy atom. The van der Waals surface area contributed by atoms with Crippen molar-refractivity contribution < 1.29 is 91.5 Å². The summed E-state index contributed by atoms with van der Waals surface area (Å²) in [7, 11) is 0. The summed E-state index contributed by atoms with van der Waals surface area (Å²) in [6.07, 6.45) is 15.6. The van der Waals surface area contributed by atoms with E-state index in [-0.39, 0.29) is 49.6 Å². The van der Waals surface area contributed by atoms with Gasteiger partial charge in [-0.2, -0.15) is 0 Å². The Morgan fingerprint density at radius 2 is 0.483 bits per heavy atom. The molecule has 0 fully saturated rings. The average Bonchev–Trinajstić information content (AvgIpc) is 3.15. The van der Waals surface area contributed by atoms with E-state index in [2.05, 4.69) is 99.2 Å². The summed E-state index contributed by atoms with van der Waals surface area (Å²) in [6, 6.07) is 17.6. The molecule has 12 N–H and O–H groups in total. The first-order valence-electron chi connectivity index (χ1n) is 21.7. The van der Waals surface area contributed by atoms with Crippen LogP contribution in [0.15, 0.2) is 48.5 Å². The van der Waals surface area contributed by atoms with E-state index in [9.17, 15) is 0 Å². The molecule has 0 amide bonds. The third-order valence-corrected chi connectivity index (χ3v) is 10.7. The van der Waals surface area contributed by atoms with Crippen LogP contribution in [0.1, 0.15) is 149 Å². The van der Waals surface area contributed by atoms with Crippen molar-refractivity contribution in [1.29, 1.82) is 0 Å². The Balaban J connectivity index is 0.00000450. The normalized spacial score (nSPS) is 11.6. The molecule has 8 nitrogen and oxygen atoms in total. The van der Waals surface area contributed by atoms with Gasteiger partial charge in [0.05, 0.1) is 26.4 Å². The highest BCUT2D eigenvalue weighted by Crippen LogP contribution is 2.41. The van der Waals surface area contributed by atoms with E-state index in [1.165, 1.54) is 0 Å². The number of rotatable bonds is 20. The molecule has 0 unspecified atom stereocenters. The number of quaternary nitrogens is 4. The van der Waals surface area contributed by atoms with Crippen LogP contribution in [0.3, 0.4) is 0 Å². The molecule has 0 saturated carbocycles. The molecule has 0 aliphatic heterocycles. The third-order valence-electron chi connectivity index (χ3n) is 10.7. The average molecular weight is 911 g/mol. The Labute approximate surface area is 385 Å². The van der Waals surface area contributed by atoms with Gasteiger partial charge in [-0.1, -0.05) is 79.1 Å². The smallest absolute Gasteiger partial charge is 0.128 e. The van der Waals surface area contributed by atoms with Crippen molar-refractivity contribution in [3.8, 4) is 23.0 Å². The van der Waals surface area contributed by atoms with Gasteiger partial charge in [0.1, 0.15) is 45.7 Å². The third kappa shape index (κ3) is 15.8. The highest BCUT2D eigenvalue weighted by atomic mass is 35.5. The first kappa shape index (κ1) is 55.1. The molecule has 5 rings (SSSR count). The lowest BCUT2D eigenvalue weighted by atomic mass is 9.90. The van der Waals surface area contributed by atoms with Crippen LogP contribution >= 0.6 is 0 Å². The fraction of sp³-hybridized carbons (Fsp3) is 0.500. The molecule has 12 heteroatoms. The Morgan fingerprint density at radius 1 is 0.317 bits per heavy atom. The van der Waals surface area contributed by atoms with E-state index in [0.29, 0.717) is 52.1 Å². The zero-order valence-corrected chi connectivity index (χ0v) is 39.8. The summed E-state index contributed by atoms with van der Waals surface area (Å²) >= 11 is 0. The molecule has 0 spiro atoms. The van der Waals surface area contributed by atoms with Crippen LogP contribution in [0.2, 0.25) is 0 Å². The van der Waals surface area contributed by atoms with Crippen LogP contribution in [0.4, 0.5) is 22.7 Å². The van der Waals surface area contributed by atoms with Crippen LogP contribution in [0.5, 0.6) is 23.0 Å². The van der Waals surface area contributed by atoms with Crippen molar-refractivity contribution in [1.82, 2.24) is 0 Å². The molecule has 0 aromatic heterocycles. The monoisotopic (exact) mass is 908 g/mol.